The van der Waals surface area contributed by atoms with Gasteiger partial charge >= 0.3 is 5.97 Å². The first-order valence-corrected chi connectivity index (χ1v) is 5.65. The van der Waals surface area contributed by atoms with Crippen LogP contribution in [0.15, 0.2) is 0 Å². The molecule has 5 heteroatoms. The van der Waals surface area contributed by atoms with Crippen LogP contribution in [0.2, 0.25) is 0 Å². The zero-order valence-electron chi connectivity index (χ0n) is 10.0. The molecule has 0 aliphatic carbocycles. The van der Waals surface area contributed by atoms with Crippen LogP contribution < -0.4 is 5.73 Å². The largest absolute Gasteiger partial charge is 0.481 e. The number of hydrogen-bond acceptors (Lipinski definition) is 3. The second-order valence-electron chi connectivity index (χ2n) is 4.78. The summed E-state index contributed by atoms with van der Waals surface area (Å²) in [4.78, 5) is 24.5. The Balaban J connectivity index is 2.70. The van der Waals surface area contributed by atoms with Crippen LogP contribution in [0.25, 0.3) is 0 Å². The Morgan fingerprint density at radius 1 is 1.44 bits per heavy atom. The summed E-state index contributed by atoms with van der Waals surface area (Å²) in [5.74, 6) is -1.35. The van der Waals surface area contributed by atoms with Crippen molar-refractivity contribution in [2.24, 2.45) is 17.6 Å². The van der Waals surface area contributed by atoms with E-state index in [9.17, 15) is 9.59 Å². The van der Waals surface area contributed by atoms with Crippen molar-refractivity contribution in [2.75, 3.05) is 6.54 Å². The maximum absolute atomic E-state index is 12.0. The van der Waals surface area contributed by atoms with E-state index in [0.29, 0.717) is 13.0 Å². The summed E-state index contributed by atoms with van der Waals surface area (Å²) < 4.78 is 0. The molecule has 0 spiro atoms. The normalized spacial score (nSPS) is 27.2. The fraction of sp³-hybridized carbons (Fsp3) is 0.818. The van der Waals surface area contributed by atoms with E-state index in [2.05, 4.69) is 0 Å². The van der Waals surface area contributed by atoms with E-state index in [-0.39, 0.29) is 17.9 Å². The molecular weight excluding hydrogens is 208 g/mol. The molecule has 1 heterocycles. The van der Waals surface area contributed by atoms with Gasteiger partial charge in [0.05, 0.1) is 12.0 Å². The number of amides is 1. The highest BCUT2D eigenvalue weighted by atomic mass is 16.4. The molecule has 3 atom stereocenters. The van der Waals surface area contributed by atoms with Gasteiger partial charge in [-0.1, -0.05) is 13.8 Å². The molecule has 5 nitrogen and oxygen atoms in total. The van der Waals surface area contributed by atoms with Gasteiger partial charge in [-0.25, -0.2) is 0 Å². The van der Waals surface area contributed by atoms with Crippen molar-refractivity contribution in [3.63, 3.8) is 0 Å². The quantitative estimate of drug-likeness (QED) is 0.727. The van der Waals surface area contributed by atoms with E-state index in [0.717, 1.165) is 0 Å². The number of carboxylic acid groups (broad SMARTS) is 1. The molecule has 0 radical (unpaired) electrons. The Morgan fingerprint density at radius 3 is 2.38 bits per heavy atom. The van der Waals surface area contributed by atoms with Crippen molar-refractivity contribution in [1.82, 2.24) is 4.90 Å². The monoisotopic (exact) mass is 228 g/mol. The number of nitrogens with two attached hydrogens (primary N) is 1. The number of rotatable bonds is 3. The summed E-state index contributed by atoms with van der Waals surface area (Å²) in [6, 6.07) is -0.787. The third-order valence-electron chi connectivity index (χ3n) is 3.36. The first kappa shape index (κ1) is 13.0. The van der Waals surface area contributed by atoms with Crippen LogP contribution in [-0.2, 0) is 9.59 Å². The van der Waals surface area contributed by atoms with Gasteiger partial charge < -0.3 is 15.7 Å². The van der Waals surface area contributed by atoms with Crippen LogP contribution in [0.5, 0.6) is 0 Å². The minimum absolute atomic E-state index is 0.0728. The standard InChI is InChI=1S/C11H20N2O3/c1-6(2)9(12)10(14)13-5-4-8(7(13)3)11(15)16/h6-9H,4-5,12H2,1-3H3,(H,15,16)/t7?,8?,9-/m1/s1. The molecule has 0 bridgehead atoms. The molecule has 1 aliphatic rings. The number of hydrogen-bond donors (Lipinski definition) is 2. The highest BCUT2D eigenvalue weighted by Gasteiger charge is 2.39. The minimum atomic E-state index is -0.832. The minimum Gasteiger partial charge on any atom is -0.481 e. The average Bonchev–Trinajstić information content (AvgIpc) is 2.57. The van der Waals surface area contributed by atoms with E-state index in [1.807, 2.05) is 13.8 Å². The van der Waals surface area contributed by atoms with E-state index in [1.54, 1.807) is 11.8 Å². The molecule has 16 heavy (non-hydrogen) atoms. The fourth-order valence-corrected chi connectivity index (χ4v) is 2.06. The predicted molar refractivity (Wildman–Crippen MR) is 59.7 cm³/mol. The van der Waals surface area contributed by atoms with Gasteiger partial charge in [0.2, 0.25) is 5.91 Å². The number of likely N-dealkylation sites (tertiary alicyclic amines) is 1. The maximum atomic E-state index is 12.0. The lowest BCUT2D eigenvalue weighted by Crippen LogP contribution is -2.48. The first-order valence-electron chi connectivity index (χ1n) is 5.65. The van der Waals surface area contributed by atoms with E-state index >= 15 is 0 Å². The molecule has 0 aromatic rings. The van der Waals surface area contributed by atoms with Crippen molar-refractivity contribution in [3.8, 4) is 0 Å². The molecule has 1 saturated heterocycles. The van der Waals surface area contributed by atoms with Crippen molar-refractivity contribution in [2.45, 2.75) is 39.3 Å². The third kappa shape index (κ3) is 2.35. The highest BCUT2D eigenvalue weighted by Crippen LogP contribution is 2.25. The van der Waals surface area contributed by atoms with Crippen LogP contribution in [-0.4, -0.2) is 40.5 Å². The number of carbonyl (C=O) groups is 2. The summed E-state index contributed by atoms with van der Waals surface area (Å²) in [6.45, 7) is 6.05. The fourth-order valence-electron chi connectivity index (χ4n) is 2.06. The van der Waals surface area contributed by atoms with Crippen LogP contribution in [0, 0.1) is 11.8 Å². The van der Waals surface area contributed by atoms with Gasteiger partial charge in [0.25, 0.3) is 0 Å². The summed E-state index contributed by atoms with van der Waals surface area (Å²) in [6.07, 6.45) is 0.521. The van der Waals surface area contributed by atoms with E-state index in [4.69, 9.17) is 10.8 Å². The van der Waals surface area contributed by atoms with Crippen molar-refractivity contribution < 1.29 is 14.7 Å². The summed E-state index contributed by atoms with van der Waals surface area (Å²) >= 11 is 0. The molecule has 1 fully saturated rings. The Kier molecular flexibility index (Phi) is 3.91. The molecular formula is C11H20N2O3. The van der Waals surface area contributed by atoms with Crippen LogP contribution in [0.1, 0.15) is 27.2 Å². The van der Waals surface area contributed by atoms with Crippen molar-refractivity contribution in [1.29, 1.82) is 0 Å². The molecule has 1 aliphatic heterocycles. The summed E-state index contributed by atoms with van der Waals surface area (Å²) in [7, 11) is 0. The topological polar surface area (TPSA) is 83.6 Å². The highest BCUT2D eigenvalue weighted by molar-refractivity contribution is 5.83. The molecule has 1 rings (SSSR count). The number of nitrogens with zero attached hydrogens (tertiary/aromatic N) is 1. The summed E-state index contributed by atoms with van der Waals surface area (Å²) in [5, 5.41) is 8.96. The van der Waals surface area contributed by atoms with Crippen molar-refractivity contribution >= 4 is 11.9 Å². The average molecular weight is 228 g/mol. The van der Waals surface area contributed by atoms with Gasteiger partial charge in [-0.2, -0.15) is 0 Å². The van der Waals surface area contributed by atoms with Crippen LogP contribution in [0.3, 0.4) is 0 Å². The number of carboxylic acids is 1. The molecule has 2 unspecified atom stereocenters. The summed E-state index contributed by atoms with van der Waals surface area (Å²) in [5.41, 5.74) is 5.78. The molecule has 0 aromatic carbocycles. The zero-order valence-corrected chi connectivity index (χ0v) is 10.0. The SMILES string of the molecule is CC(C)[C@@H](N)C(=O)N1CCC(C(=O)O)C1C. The van der Waals surface area contributed by atoms with Gasteiger partial charge in [0.1, 0.15) is 0 Å². The maximum Gasteiger partial charge on any atom is 0.308 e. The number of carbonyl (C=O) groups excluding carboxylic acids is 1. The molecule has 0 saturated carbocycles. The second kappa shape index (κ2) is 4.82. The van der Waals surface area contributed by atoms with Gasteiger partial charge in [0.15, 0.2) is 0 Å². The molecule has 92 valence electrons. The molecule has 0 aromatic heterocycles. The Labute approximate surface area is 95.6 Å². The van der Waals surface area contributed by atoms with Gasteiger partial charge in [-0.3, -0.25) is 9.59 Å². The van der Waals surface area contributed by atoms with Gasteiger partial charge in [-0.05, 0) is 19.3 Å². The predicted octanol–water partition coefficient (Wildman–Crippen LogP) is 0.291. The van der Waals surface area contributed by atoms with Crippen LogP contribution >= 0.6 is 0 Å². The molecule has 1 amide bonds. The lowest BCUT2D eigenvalue weighted by Gasteiger charge is -2.27. The lowest BCUT2D eigenvalue weighted by molar-refractivity contribution is -0.143. The third-order valence-corrected chi connectivity index (χ3v) is 3.36. The zero-order chi connectivity index (χ0) is 12.5. The van der Waals surface area contributed by atoms with Crippen molar-refractivity contribution in [3.05, 3.63) is 0 Å². The second-order valence-corrected chi connectivity index (χ2v) is 4.78. The van der Waals surface area contributed by atoms with Gasteiger partial charge in [-0.15, -0.1) is 0 Å². The van der Waals surface area contributed by atoms with Gasteiger partial charge in [0, 0.05) is 12.6 Å². The Bertz CT molecular complexity index is 291. The van der Waals surface area contributed by atoms with E-state index < -0.39 is 17.9 Å². The Hall–Kier alpha value is -1.10. The lowest BCUT2D eigenvalue weighted by atomic mass is 10.0. The van der Waals surface area contributed by atoms with Crippen LogP contribution in [0.4, 0.5) is 0 Å². The van der Waals surface area contributed by atoms with E-state index in [1.165, 1.54) is 0 Å². The number of aliphatic carboxylic acids is 1. The first-order chi connectivity index (χ1) is 7.36. The molecule has 3 N–H and O–H groups in total. The smallest absolute Gasteiger partial charge is 0.308 e. The Morgan fingerprint density at radius 2 is 2.00 bits per heavy atom.